The molecular formula is C13H23NO2. The van der Waals surface area contributed by atoms with Crippen LogP contribution < -0.4 is 5.32 Å². The highest BCUT2D eigenvalue weighted by Gasteiger charge is 1.95. The third kappa shape index (κ3) is 6.64. The van der Waals surface area contributed by atoms with Gasteiger partial charge in [0.15, 0.2) is 0 Å². The standard InChI is InChI=1S/C13H23NO2/c1-12(2)4-3-7-15-9-6-14-10-13-5-8-16-11-13/h5,8,11-12,14H,3-4,6-7,9-10H2,1-2H3. The second kappa shape index (κ2) is 8.36. The first-order valence-corrected chi connectivity index (χ1v) is 6.08. The van der Waals surface area contributed by atoms with Crippen molar-refractivity contribution in [2.75, 3.05) is 19.8 Å². The topological polar surface area (TPSA) is 34.4 Å². The van der Waals surface area contributed by atoms with Crippen molar-refractivity contribution in [2.24, 2.45) is 5.92 Å². The molecule has 0 unspecified atom stereocenters. The Kier molecular flexibility index (Phi) is 6.93. The molecule has 0 fully saturated rings. The predicted octanol–water partition coefficient (Wildman–Crippen LogP) is 2.82. The summed E-state index contributed by atoms with van der Waals surface area (Å²) in [6, 6.07) is 1.97. The van der Waals surface area contributed by atoms with E-state index in [-0.39, 0.29) is 0 Å². The fourth-order valence-electron chi connectivity index (χ4n) is 1.47. The summed E-state index contributed by atoms with van der Waals surface area (Å²) in [5.74, 6) is 0.780. The van der Waals surface area contributed by atoms with Gasteiger partial charge in [0.25, 0.3) is 0 Å². The monoisotopic (exact) mass is 225 g/mol. The molecule has 0 bridgehead atoms. The minimum Gasteiger partial charge on any atom is -0.472 e. The van der Waals surface area contributed by atoms with Crippen LogP contribution in [0, 0.1) is 5.92 Å². The van der Waals surface area contributed by atoms with Crippen molar-refractivity contribution in [1.82, 2.24) is 5.32 Å². The molecule has 16 heavy (non-hydrogen) atoms. The van der Waals surface area contributed by atoms with E-state index in [0.717, 1.165) is 32.2 Å². The highest BCUT2D eigenvalue weighted by atomic mass is 16.5. The van der Waals surface area contributed by atoms with Gasteiger partial charge in [0, 0.05) is 25.3 Å². The Morgan fingerprint density at radius 3 is 2.94 bits per heavy atom. The molecule has 3 nitrogen and oxygen atoms in total. The van der Waals surface area contributed by atoms with Crippen molar-refractivity contribution < 1.29 is 9.15 Å². The van der Waals surface area contributed by atoms with Gasteiger partial charge in [-0.3, -0.25) is 0 Å². The second-order valence-corrected chi connectivity index (χ2v) is 4.46. The molecule has 0 aliphatic carbocycles. The first-order valence-electron chi connectivity index (χ1n) is 6.08. The Morgan fingerprint density at radius 2 is 2.25 bits per heavy atom. The van der Waals surface area contributed by atoms with Gasteiger partial charge in [-0.1, -0.05) is 13.8 Å². The molecule has 1 aromatic rings. The Balaban J connectivity index is 1.82. The first kappa shape index (κ1) is 13.3. The summed E-state index contributed by atoms with van der Waals surface area (Å²) in [6.45, 7) is 7.90. The Hall–Kier alpha value is -0.800. The zero-order valence-corrected chi connectivity index (χ0v) is 10.4. The van der Waals surface area contributed by atoms with E-state index >= 15 is 0 Å². The van der Waals surface area contributed by atoms with Crippen LogP contribution in [0.4, 0.5) is 0 Å². The molecular weight excluding hydrogens is 202 g/mol. The summed E-state index contributed by atoms with van der Waals surface area (Å²) < 4.78 is 10.5. The molecule has 0 radical (unpaired) electrons. The van der Waals surface area contributed by atoms with Crippen molar-refractivity contribution in [2.45, 2.75) is 33.2 Å². The minimum atomic E-state index is 0.780. The smallest absolute Gasteiger partial charge is 0.0947 e. The molecule has 1 N–H and O–H groups in total. The lowest BCUT2D eigenvalue weighted by Crippen LogP contribution is -2.19. The predicted molar refractivity (Wildman–Crippen MR) is 65.3 cm³/mol. The molecule has 92 valence electrons. The summed E-state index contributed by atoms with van der Waals surface area (Å²) in [6.07, 6.45) is 5.87. The van der Waals surface area contributed by atoms with Gasteiger partial charge in [0.05, 0.1) is 19.1 Å². The molecule has 1 rings (SSSR count). The van der Waals surface area contributed by atoms with Crippen molar-refractivity contribution in [3.05, 3.63) is 24.2 Å². The summed E-state index contributed by atoms with van der Waals surface area (Å²) in [4.78, 5) is 0. The average molecular weight is 225 g/mol. The lowest BCUT2D eigenvalue weighted by atomic mass is 10.1. The largest absolute Gasteiger partial charge is 0.472 e. The first-order chi connectivity index (χ1) is 7.79. The van der Waals surface area contributed by atoms with Crippen LogP contribution in [0.3, 0.4) is 0 Å². The van der Waals surface area contributed by atoms with Crippen molar-refractivity contribution in [3.8, 4) is 0 Å². The molecule has 1 aromatic heterocycles. The van der Waals surface area contributed by atoms with Crippen LogP contribution in [0.15, 0.2) is 23.0 Å². The zero-order valence-electron chi connectivity index (χ0n) is 10.4. The normalized spacial score (nSPS) is 11.2. The molecule has 3 heteroatoms. The Labute approximate surface area is 98.2 Å². The fraction of sp³-hybridized carbons (Fsp3) is 0.692. The maximum absolute atomic E-state index is 5.52. The van der Waals surface area contributed by atoms with Crippen LogP contribution in [-0.2, 0) is 11.3 Å². The van der Waals surface area contributed by atoms with E-state index in [0.29, 0.717) is 0 Å². The van der Waals surface area contributed by atoms with Gasteiger partial charge in [-0.2, -0.15) is 0 Å². The van der Waals surface area contributed by atoms with Crippen molar-refractivity contribution >= 4 is 0 Å². The Bertz CT molecular complexity index is 244. The molecule has 0 atom stereocenters. The fourth-order valence-corrected chi connectivity index (χ4v) is 1.47. The van der Waals surface area contributed by atoms with E-state index in [1.165, 1.54) is 18.4 Å². The van der Waals surface area contributed by atoms with Gasteiger partial charge in [0.1, 0.15) is 0 Å². The summed E-state index contributed by atoms with van der Waals surface area (Å²) in [7, 11) is 0. The number of nitrogens with one attached hydrogen (secondary N) is 1. The molecule has 0 spiro atoms. The van der Waals surface area contributed by atoms with Crippen LogP contribution in [0.5, 0.6) is 0 Å². The van der Waals surface area contributed by atoms with Crippen LogP contribution in [0.25, 0.3) is 0 Å². The van der Waals surface area contributed by atoms with E-state index in [9.17, 15) is 0 Å². The number of hydrogen-bond donors (Lipinski definition) is 1. The van der Waals surface area contributed by atoms with E-state index in [1.54, 1.807) is 12.5 Å². The minimum absolute atomic E-state index is 0.780. The van der Waals surface area contributed by atoms with Gasteiger partial charge < -0.3 is 14.5 Å². The maximum Gasteiger partial charge on any atom is 0.0947 e. The van der Waals surface area contributed by atoms with Crippen molar-refractivity contribution in [3.63, 3.8) is 0 Å². The molecule has 0 amide bonds. The average Bonchev–Trinajstić information content (AvgIpc) is 2.74. The van der Waals surface area contributed by atoms with Crippen molar-refractivity contribution in [1.29, 1.82) is 0 Å². The maximum atomic E-state index is 5.52. The van der Waals surface area contributed by atoms with Crippen LogP contribution in [0.2, 0.25) is 0 Å². The van der Waals surface area contributed by atoms with Gasteiger partial charge in [-0.25, -0.2) is 0 Å². The number of ether oxygens (including phenoxy) is 1. The lowest BCUT2D eigenvalue weighted by Gasteiger charge is -2.06. The molecule has 0 aliphatic rings. The zero-order chi connectivity index (χ0) is 11.6. The van der Waals surface area contributed by atoms with E-state index in [4.69, 9.17) is 9.15 Å². The lowest BCUT2D eigenvalue weighted by molar-refractivity contribution is 0.129. The SMILES string of the molecule is CC(C)CCCOCCNCc1ccoc1. The Morgan fingerprint density at radius 1 is 1.38 bits per heavy atom. The highest BCUT2D eigenvalue weighted by molar-refractivity contribution is 5.04. The van der Waals surface area contributed by atoms with Gasteiger partial charge in [-0.05, 0) is 24.8 Å². The molecule has 0 saturated heterocycles. The third-order valence-corrected chi connectivity index (χ3v) is 2.40. The van der Waals surface area contributed by atoms with Gasteiger partial charge in [-0.15, -0.1) is 0 Å². The highest BCUT2D eigenvalue weighted by Crippen LogP contribution is 2.02. The number of rotatable bonds is 9. The molecule has 0 saturated carbocycles. The summed E-state index contributed by atoms with van der Waals surface area (Å²) >= 11 is 0. The van der Waals surface area contributed by atoms with Crippen LogP contribution in [-0.4, -0.2) is 19.8 Å². The molecule has 1 heterocycles. The van der Waals surface area contributed by atoms with Crippen LogP contribution in [0.1, 0.15) is 32.3 Å². The van der Waals surface area contributed by atoms with E-state index in [1.807, 2.05) is 6.07 Å². The molecule has 0 aliphatic heterocycles. The second-order valence-electron chi connectivity index (χ2n) is 4.46. The van der Waals surface area contributed by atoms with Gasteiger partial charge >= 0.3 is 0 Å². The molecule has 0 aromatic carbocycles. The van der Waals surface area contributed by atoms with Crippen LogP contribution >= 0.6 is 0 Å². The van der Waals surface area contributed by atoms with E-state index in [2.05, 4.69) is 19.2 Å². The van der Waals surface area contributed by atoms with E-state index < -0.39 is 0 Å². The number of furan rings is 1. The summed E-state index contributed by atoms with van der Waals surface area (Å²) in [5.41, 5.74) is 1.18. The number of hydrogen-bond acceptors (Lipinski definition) is 3. The van der Waals surface area contributed by atoms with Gasteiger partial charge in [0.2, 0.25) is 0 Å². The quantitative estimate of drug-likeness (QED) is 0.656. The summed E-state index contributed by atoms with van der Waals surface area (Å²) in [5, 5.41) is 3.30. The third-order valence-electron chi connectivity index (χ3n) is 2.40.